The van der Waals surface area contributed by atoms with Crippen molar-refractivity contribution in [2.24, 2.45) is 5.14 Å². The summed E-state index contributed by atoms with van der Waals surface area (Å²) in [4.78, 5) is 11.7. The minimum atomic E-state index is -3.76. The van der Waals surface area contributed by atoms with Gasteiger partial charge in [0.25, 0.3) is 0 Å². The first-order valence-electron chi connectivity index (χ1n) is 7.59. The number of nitrogens with two attached hydrogens (primary N) is 1. The van der Waals surface area contributed by atoms with Gasteiger partial charge in [0.15, 0.2) is 0 Å². The van der Waals surface area contributed by atoms with E-state index in [1.165, 1.54) is 12.1 Å². The monoisotopic (exact) mass is 364 g/mol. The van der Waals surface area contributed by atoms with Gasteiger partial charge in [-0.15, -0.1) is 0 Å². The number of primary sulfonamides is 1. The quantitative estimate of drug-likeness (QED) is 0.647. The molecule has 134 valence electrons. The van der Waals surface area contributed by atoms with Gasteiger partial charge in [0.05, 0.1) is 11.5 Å². The molecule has 0 fully saturated rings. The highest BCUT2D eigenvalue weighted by molar-refractivity contribution is 7.89. The number of para-hydroxylation sites is 1. The number of benzene rings is 2. The molecule has 0 saturated carbocycles. The van der Waals surface area contributed by atoms with Crippen LogP contribution in [-0.4, -0.2) is 34.1 Å². The first-order chi connectivity index (χ1) is 11.9. The van der Waals surface area contributed by atoms with E-state index < -0.39 is 10.0 Å². The number of carbonyl (C=O) groups is 1. The Balaban J connectivity index is 1.66. The van der Waals surface area contributed by atoms with Crippen molar-refractivity contribution in [1.29, 1.82) is 0 Å². The minimum absolute atomic E-state index is 0.00793. The molecule has 0 aliphatic heterocycles. The van der Waals surface area contributed by atoms with Crippen LogP contribution in [0.25, 0.3) is 0 Å². The van der Waals surface area contributed by atoms with E-state index >= 15 is 0 Å². The Morgan fingerprint density at radius 1 is 1.04 bits per heavy atom. The Kier molecular flexibility index (Phi) is 6.93. The van der Waals surface area contributed by atoms with Crippen LogP contribution in [0.2, 0.25) is 0 Å². The number of amides is 1. The molecule has 3 N–H and O–H groups in total. The van der Waals surface area contributed by atoms with Gasteiger partial charge in [-0.3, -0.25) is 4.79 Å². The van der Waals surface area contributed by atoms with Gasteiger partial charge in [-0.2, -0.15) is 0 Å². The third-order valence-electron chi connectivity index (χ3n) is 3.19. The van der Waals surface area contributed by atoms with Crippen LogP contribution >= 0.6 is 0 Å². The molecule has 2 rings (SSSR count). The van der Waals surface area contributed by atoms with E-state index in [9.17, 15) is 13.2 Å². The molecule has 0 radical (unpaired) electrons. The lowest BCUT2D eigenvalue weighted by Gasteiger charge is -2.08. The molecule has 0 unspecified atom stereocenters. The van der Waals surface area contributed by atoms with Crippen molar-refractivity contribution in [3.63, 3.8) is 0 Å². The van der Waals surface area contributed by atoms with Gasteiger partial charge in [-0.25, -0.2) is 13.6 Å². The van der Waals surface area contributed by atoms with Gasteiger partial charge in [-0.1, -0.05) is 30.3 Å². The average Bonchev–Trinajstić information content (AvgIpc) is 2.60. The molecule has 2 aromatic carbocycles. The van der Waals surface area contributed by atoms with Crippen LogP contribution < -0.4 is 15.2 Å². The Morgan fingerprint density at radius 3 is 2.52 bits per heavy atom. The largest absolute Gasteiger partial charge is 0.491 e. The van der Waals surface area contributed by atoms with E-state index in [0.29, 0.717) is 12.2 Å². The number of nitrogens with one attached hydrogen (secondary N) is 1. The molecule has 0 atom stereocenters. The number of ether oxygens (including phenoxy) is 2. The standard InChI is InChI=1S/C17H20N2O5S/c18-25(21,22)16-8-4-5-14(11-16)12-19-17(20)13-23-9-10-24-15-6-2-1-3-7-15/h1-8,11H,9-10,12-13H2,(H,19,20)(H2,18,21,22). The number of rotatable bonds is 9. The fourth-order valence-corrected chi connectivity index (χ4v) is 2.57. The van der Waals surface area contributed by atoms with Crippen molar-refractivity contribution < 1.29 is 22.7 Å². The van der Waals surface area contributed by atoms with Crippen molar-refractivity contribution in [3.05, 3.63) is 60.2 Å². The Bertz CT molecular complexity index is 794. The lowest BCUT2D eigenvalue weighted by molar-refractivity contribution is -0.126. The van der Waals surface area contributed by atoms with Crippen LogP contribution in [0.1, 0.15) is 5.56 Å². The van der Waals surface area contributed by atoms with E-state index in [2.05, 4.69) is 5.32 Å². The zero-order valence-corrected chi connectivity index (χ0v) is 14.4. The fraction of sp³-hybridized carbons (Fsp3) is 0.235. The molecule has 0 aliphatic carbocycles. The smallest absolute Gasteiger partial charge is 0.246 e. The van der Waals surface area contributed by atoms with Gasteiger partial charge in [0.2, 0.25) is 15.9 Å². The molecule has 0 aromatic heterocycles. The van der Waals surface area contributed by atoms with Crippen molar-refractivity contribution >= 4 is 15.9 Å². The highest BCUT2D eigenvalue weighted by Gasteiger charge is 2.08. The zero-order valence-electron chi connectivity index (χ0n) is 13.6. The highest BCUT2D eigenvalue weighted by Crippen LogP contribution is 2.09. The van der Waals surface area contributed by atoms with Crippen LogP contribution in [0, 0.1) is 0 Å². The summed E-state index contributed by atoms with van der Waals surface area (Å²) in [5, 5.41) is 7.72. The molecule has 0 bridgehead atoms. The highest BCUT2D eigenvalue weighted by atomic mass is 32.2. The second-order valence-electron chi connectivity index (χ2n) is 5.18. The molecular formula is C17H20N2O5S. The topological polar surface area (TPSA) is 108 Å². The summed E-state index contributed by atoms with van der Waals surface area (Å²) < 4.78 is 33.2. The van der Waals surface area contributed by atoms with Gasteiger partial charge < -0.3 is 14.8 Å². The average molecular weight is 364 g/mol. The molecule has 0 saturated heterocycles. The van der Waals surface area contributed by atoms with E-state index in [4.69, 9.17) is 14.6 Å². The second-order valence-corrected chi connectivity index (χ2v) is 6.74. The molecule has 0 heterocycles. The lowest BCUT2D eigenvalue weighted by atomic mass is 10.2. The predicted molar refractivity (Wildman–Crippen MR) is 92.4 cm³/mol. The zero-order chi connectivity index (χ0) is 18.1. The molecule has 0 spiro atoms. The Labute approximate surface area is 146 Å². The third-order valence-corrected chi connectivity index (χ3v) is 4.10. The van der Waals surface area contributed by atoms with Crippen molar-refractivity contribution in [1.82, 2.24) is 5.32 Å². The Morgan fingerprint density at radius 2 is 1.80 bits per heavy atom. The van der Waals surface area contributed by atoms with Crippen LogP contribution in [0.5, 0.6) is 5.75 Å². The van der Waals surface area contributed by atoms with Crippen LogP contribution in [-0.2, 0) is 26.1 Å². The number of sulfonamides is 1. The van der Waals surface area contributed by atoms with Crippen molar-refractivity contribution in [3.8, 4) is 5.75 Å². The van der Waals surface area contributed by atoms with Crippen molar-refractivity contribution in [2.75, 3.05) is 19.8 Å². The maximum atomic E-state index is 11.7. The van der Waals surface area contributed by atoms with Crippen LogP contribution in [0.4, 0.5) is 0 Å². The van der Waals surface area contributed by atoms with Gasteiger partial charge in [0, 0.05) is 6.54 Å². The first kappa shape index (κ1) is 18.9. The maximum absolute atomic E-state index is 11.7. The summed E-state index contributed by atoms with van der Waals surface area (Å²) in [5.41, 5.74) is 0.632. The van der Waals surface area contributed by atoms with Crippen LogP contribution in [0.3, 0.4) is 0 Å². The SMILES string of the molecule is NS(=O)(=O)c1cccc(CNC(=O)COCCOc2ccccc2)c1. The molecular weight excluding hydrogens is 344 g/mol. The summed E-state index contributed by atoms with van der Waals surface area (Å²) in [5.74, 6) is 0.436. The van der Waals surface area contributed by atoms with Crippen molar-refractivity contribution in [2.45, 2.75) is 11.4 Å². The van der Waals surface area contributed by atoms with Crippen LogP contribution in [0.15, 0.2) is 59.5 Å². The summed E-state index contributed by atoms with van der Waals surface area (Å²) in [6.07, 6.45) is 0. The normalized spacial score (nSPS) is 11.1. The molecule has 2 aromatic rings. The molecule has 1 amide bonds. The number of carbonyl (C=O) groups excluding carboxylic acids is 1. The van der Waals surface area contributed by atoms with Gasteiger partial charge in [0.1, 0.15) is 19.0 Å². The van der Waals surface area contributed by atoms with E-state index in [1.807, 2.05) is 30.3 Å². The van der Waals surface area contributed by atoms with E-state index in [-0.39, 0.29) is 30.6 Å². The summed E-state index contributed by atoms with van der Waals surface area (Å²) in [6.45, 7) is 0.704. The lowest BCUT2D eigenvalue weighted by Crippen LogP contribution is -2.28. The summed E-state index contributed by atoms with van der Waals surface area (Å²) >= 11 is 0. The molecule has 7 nitrogen and oxygen atoms in total. The summed E-state index contributed by atoms with van der Waals surface area (Å²) in [7, 11) is -3.76. The molecule has 0 aliphatic rings. The Hall–Kier alpha value is -2.42. The maximum Gasteiger partial charge on any atom is 0.246 e. The predicted octanol–water partition coefficient (Wildman–Crippen LogP) is 1.05. The molecule has 25 heavy (non-hydrogen) atoms. The minimum Gasteiger partial charge on any atom is -0.491 e. The molecule has 8 heteroatoms. The van der Waals surface area contributed by atoms with E-state index in [0.717, 1.165) is 5.75 Å². The number of hydrogen-bond acceptors (Lipinski definition) is 5. The third kappa shape index (κ3) is 6.92. The second kappa shape index (κ2) is 9.16. The van der Waals surface area contributed by atoms with E-state index in [1.54, 1.807) is 12.1 Å². The fourth-order valence-electron chi connectivity index (χ4n) is 1.98. The summed E-state index contributed by atoms with van der Waals surface area (Å²) in [6, 6.07) is 15.4. The first-order valence-corrected chi connectivity index (χ1v) is 9.14. The van der Waals surface area contributed by atoms with Gasteiger partial charge >= 0.3 is 0 Å². The number of hydrogen-bond donors (Lipinski definition) is 2. The van der Waals surface area contributed by atoms with Gasteiger partial charge in [-0.05, 0) is 29.8 Å².